The molecule has 0 amide bonds. The molecule has 0 saturated heterocycles. The van der Waals surface area contributed by atoms with Crippen molar-refractivity contribution in [1.29, 1.82) is 0 Å². The molecule has 1 aliphatic rings. The van der Waals surface area contributed by atoms with E-state index in [0.29, 0.717) is 6.04 Å². The third-order valence-electron chi connectivity index (χ3n) is 3.31. The Morgan fingerprint density at radius 1 is 1.12 bits per heavy atom. The average Bonchev–Trinajstić information content (AvgIpc) is 2.81. The second-order valence-corrected chi connectivity index (χ2v) is 4.48. The van der Waals surface area contributed by atoms with E-state index < -0.39 is 0 Å². The molecule has 1 atom stereocenters. The number of hydrogen-bond acceptors (Lipinski definition) is 3. The summed E-state index contributed by atoms with van der Waals surface area (Å²) in [5, 5.41) is 3.55. The minimum atomic E-state index is 0.550. The van der Waals surface area contributed by atoms with Crippen molar-refractivity contribution >= 4 is 0 Å². The molecule has 0 heterocycles. The minimum Gasteiger partial charge on any atom is -0.379 e. The van der Waals surface area contributed by atoms with Gasteiger partial charge in [-0.05, 0) is 32.2 Å². The molecule has 1 unspecified atom stereocenters. The molecule has 1 N–H and O–H groups in total. The lowest BCUT2D eigenvalue weighted by molar-refractivity contribution is 0.0364. The Labute approximate surface area is 99.9 Å². The van der Waals surface area contributed by atoms with Gasteiger partial charge in [0.15, 0.2) is 0 Å². The van der Waals surface area contributed by atoms with Gasteiger partial charge in [-0.15, -0.1) is 0 Å². The molecule has 0 bridgehead atoms. The van der Waals surface area contributed by atoms with Gasteiger partial charge < -0.3 is 14.8 Å². The first-order chi connectivity index (χ1) is 7.88. The molecule has 1 saturated carbocycles. The highest BCUT2D eigenvalue weighted by molar-refractivity contribution is 4.80. The summed E-state index contributed by atoms with van der Waals surface area (Å²) in [7, 11) is 0. The number of hydrogen-bond donors (Lipinski definition) is 1. The zero-order valence-corrected chi connectivity index (χ0v) is 10.8. The van der Waals surface area contributed by atoms with E-state index in [1.807, 2.05) is 6.92 Å². The molecular weight excluding hydrogens is 202 g/mol. The lowest BCUT2D eigenvalue weighted by Gasteiger charge is -2.24. The summed E-state index contributed by atoms with van der Waals surface area (Å²) >= 11 is 0. The summed E-state index contributed by atoms with van der Waals surface area (Å²) in [5.41, 5.74) is 0. The first-order valence-electron chi connectivity index (χ1n) is 6.77. The van der Waals surface area contributed by atoms with Crippen molar-refractivity contribution in [3.05, 3.63) is 0 Å². The highest BCUT2D eigenvalue weighted by atomic mass is 16.5. The van der Waals surface area contributed by atoms with Gasteiger partial charge in [0.05, 0.1) is 19.8 Å². The summed E-state index contributed by atoms with van der Waals surface area (Å²) in [6, 6.07) is 0.550. The maximum atomic E-state index is 5.68. The van der Waals surface area contributed by atoms with E-state index in [1.54, 1.807) is 0 Å². The second-order valence-electron chi connectivity index (χ2n) is 4.48. The quantitative estimate of drug-likeness (QED) is 0.615. The Morgan fingerprint density at radius 3 is 2.44 bits per heavy atom. The Morgan fingerprint density at radius 2 is 1.81 bits per heavy atom. The highest BCUT2D eigenvalue weighted by Crippen LogP contribution is 2.27. The second kappa shape index (κ2) is 8.97. The summed E-state index contributed by atoms with van der Waals surface area (Å²) in [4.78, 5) is 0. The molecule has 1 aliphatic carbocycles. The summed E-state index contributed by atoms with van der Waals surface area (Å²) in [5.74, 6) is 0.826. The maximum Gasteiger partial charge on any atom is 0.0701 e. The molecule has 0 spiro atoms. The summed E-state index contributed by atoms with van der Waals surface area (Å²) in [6.45, 7) is 8.29. The van der Waals surface area contributed by atoms with Gasteiger partial charge in [0.2, 0.25) is 0 Å². The van der Waals surface area contributed by atoms with Gasteiger partial charge in [-0.3, -0.25) is 0 Å². The van der Waals surface area contributed by atoms with Crippen LogP contribution < -0.4 is 5.32 Å². The molecule has 1 rings (SSSR count). The van der Waals surface area contributed by atoms with Crippen LogP contribution in [0.5, 0.6) is 0 Å². The van der Waals surface area contributed by atoms with Crippen LogP contribution in [0.3, 0.4) is 0 Å². The molecule has 0 aromatic heterocycles. The molecule has 16 heavy (non-hydrogen) atoms. The first-order valence-corrected chi connectivity index (χ1v) is 6.77. The monoisotopic (exact) mass is 229 g/mol. The molecule has 0 aliphatic heterocycles. The number of likely N-dealkylation sites (N-methyl/N-ethyl adjacent to an activating group) is 1. The minimum absolute atomic E-state index is 0.550. The fourth-order valence-electron chi connectivity index (χ4n) is 2.46. The number of nitrogens with one attached hydrogen (secondary N) is 1. The number of ether oxygens (including phenoxy) is 2. The Balaban J connectivity index is 2.12. The molecule has 0 aromatic carbocycles. The zero-order valence-electron chi connectivity index (χ0n) is 10.8. The van der Waals surface area contributed by atoms with Crippen LogP contribution in [0.25, 0.3) is 0 Å². The lowest BCUT2D eigenvalue weighted by atomic mass is 9.99. The van der Waals surface area contributed by atoms with Crippen LogP contribution in [0, 0.1) is 5.92 Å². The van der Waals surface area contributed by atoms with Gasteiger partial charge in [-0.25, -0.2) is 0 Å². The van der Waals surface area contributed by atoms with E-state index in [2.05, 4.69) is 12.2 Å². The van der Waals surface area contributed by atoms with E-state index in [4.69, 9.17) is 9.47 Å². The van der Waals surface area contributed by atoms with Gasteiger partial charge in [0.1, 0.15) is 0 Å². The third kappa shape index (κ3) is 5.28. The van der Waals surface area contributed by atoms with E-state index in [-0.39, 0.29) is 0 Å². The van der Waals surface area contributed by atoms with Crippen LogP contribution in [0.4, 0.5) is 0 Å². The smallest absolute Gasteiger partial charge is 0.0701 e. The van der Waals surface area contributed by atoms with Gasteiger partial charge in [0, 0.05) is 12.6 Å². The SMILES string of the molecule is CCNC(COCCOCC)C1CCCC1. The average molecular weight is 229 g/mol. The van der Waals surface area contributed by atoms with E-state index in [1.165, 1.54) is 25.7 Å². The van der Waals surface area contributed by atoms with Gasteiger partial charge >= 0.3 is 0 Å². The fraction of sp³-hybridized carbons (Fsp3) is 1.00. The van der Waals surface area contributed by atoms with Crippen LogP contribution in [0.1, 0.15) is 39.5 Å². The molecule has 0 aromatic rings. The van der Waals surface area contributed by atoms with Crippen LogP contribution in [0.2, 0.25) is 0 Å². The predicted octanol–water partition coefficient (Wildman–Crippen LogP) is 2.21. The van der Waals surface area contributed by atoms with E-state index >= 15 is 0 Å². The largest absolute Gasteiger partial charge is 0.379 e. The van der Waals surface area contributed by atoms with Crippen molar-refractivity contribution in [2.75, 3.05) is 33.0 Å². The van der Waals surface area contributed by atoms with E-state index in [9.17, 15) is 0 Å². The van der Waals surface area contributed by atoms with Crippen LogP contribution in [-0.2, 0) is 9.47 Å². The first kappa shape index (κ1) is 13.9. The van der Waals surface area contributed by atoms with E-state index in [0.717, 1.165) is 38.9 Å². The Hall–Kier alpha value is -0.120. The third-order valence-corrected chi connectivity index (χ3v) is 3.31. The van der Waals surface area contributed by atoms with Crippen molar-refractivity contribution in [3.63, 3.8) is 0 Å². The standard InChI is InChI=1S/C13H27NO2/c1-3-14-13(12-7-5-6-8-12)11-16-10-9-15-4-2/h12-14H,3-11H2,1-2H3. The Bertz CT molecular complexity index is 158. The van der Waals surface area contributed by atoms with Gasteiger partial charge in [0.25, 0.3) is 0 Å². The van der Waals surface area contributed by atoms with Crippen molar-refractivity contribution in [3.8, 4) is 0 Å². The zero-order chi connectivity index (χ0) is 11.6. The van der Waals surface area contributed by atoms with Crippen LogP contribution in [0.15, 0.2) is 0 Å². The van der Waals surface area contributed by atoms with Crippen molar-refractivity contribution in [1.82, 2.24) is 5.32 Å². The van der Waals surface area contributed by atoms with Gasteiger partial charge in [-0.2, -0.15) is 0 Å². The molecular formula is C13H27NO2. The molecule has 1 fully saturated rings. The fourth-order valence-corrected chi connectivity index (χ4v) is 2.46. The van der Waals surface area contributed by atoms with Crippen LogP contribution in [-0.4, -0.2) is 39.0 Å². The van der Waals surface area contributed by atoms with Crippen LogP contribution >= 0.6 is 0 Å². The van der Waals surface area contributed by atoms with Crippen molar-refractivity contribution in [2.45, 2.75) is 45.6 Å². The highest BCUT2D eigenvalue weighted by Gasteiger charge is 2.24. The van der Waals surface area contributed by atoms with Gasteiger partial charge in [-0.1, -0.05) is 19.8 Å². The maximum absolute atomic E-state index is 5.68. The topological polar surface area (TPSA) is 30.5 Å². The van der Waals surface area contributed by atoms with Crippen molar-refractivity contribution in [2.24, 2.45) is 5.92 Å². The normalized spacial score (nSPS) is 19.1. The summed E-state index contributed by atoms with van der Waals surface area (Å²) in [6.07, 6.45) is 5.52. The number of rotatable bonds is 9. The molecule has 0 radical (unpaired) electrons. The molecule has 96 valence electrons. The predicted molar refractivity (Wildman–Crippen MR) is 66.7 cm³/mol. The molecule has 3 heteroatoms. The lowest BCUT2D eigenvalue weighted by Crippen LogP contribution is -2.39. The van der Waals surface area contributed by atoms with Crippen molar-refractivity contribution < 1.29 is 9.47 Å². The Kier molecular flexibility index (Phi) is 7.81. The molecule has 3 nitrogen and oxygen atoms in total. The summed E-state index contributed by atoms with van der Waals surface area (Å²) < 4.78 is 10.9.